The summed E-state index contributed by atoms with van der Waals surface area (Å²) in [6.07, 6.45) is -3.15. The maximum absolute atomic E-state index is 12.4. The van der Waals surface area contributed by atoms with Crippen LogP contribution in [0, 0.1) is 0 Å². The lowest BCUT2D eigenvalue weighted by Gasteiger charge is -2.31. The summed E-state index contributed by atoms with van der Waals surface area (Å²) in [6.45, 7) is 5.99. The van der Waals surface area contributed by atoms with Crippen LogP contribution in [0.2, 0.25) is 0 Å². The number of amides is 1. The van der Waals surface area contributed by atoms with Crippen LogP contribution >= 0.6 is 0 Å². The highest BCUT2D eigenvalue weighted by molar-refractivity contribution is 5.69. The Hall–Kier alpha value is -1.87. The minimum absolute atomic E-state index is 0.0776. The Labute approximate surface area is 172 Å². The standard InChI is InChI=1S/C21H33NO7/c1-21(2,3)29-20(26)22-12-17(24)19(25)18(22)16(23)6-5-11-28-13-14-7-9-15(27-4)10-8-14/h7-10,16-19,23-25H,5-6,11-13H2,1-4H3/t16-,17+,18-,19+/m1/s1. The molecule has 164 valence electrons. The highest BCUT2D eigenvalue weighted by atomic mass is 16.6. The average molecular weight is 411 g/mol. The first-order valence-corrected chi connectivity index (χ1v) is 9.87. The zero-order valence-electron chi connectivity index (χ0n) is 17.6. The Morgan fingerprint density at radius 1 is 1.24 bits per heavy atom. The van der Waals surface area contributed by atoms with Gasteiger partial charge in [0.15, 0.2) is 0 Å². The zero-order chi connectivity index (χ0) is 21.6. The third-order valence-electron chi connectivity index (χ3n) is 4.73. The summed E-state index contributed by atoms with van der Waals surface area (Å²) < 4.78 is 16.1. The Morgan fingerprint density at radius 2 is 1.90 bits per heavy atom. The van der Waals surface area contributed by atoms with E-state index in [1.165, 1.54) is 4.90 Å². The van der Waals surface area contributed by atoms with Crippen LogP contribution in [0.1, 0.15) is 39.2 Å². The number of benzene rings is 1. The van der Waals surface area contributed by atoms with Crippen molar-refractivity contribution in [1.29, 1.82) is 0 Å². The molecular formula is C21H33NO7. The van der Waals surface area contributed by atoms with Crippen molar-refractivity contribution in [2.45, 2.75) is 70.2 Å². The van der Waals surface area contributed by atoms with Crippen molar-refractivity contribution in [3.63, 3.8) is 0 Å². The lowest BCUT2D eigenvalue weighted by molar-refractivity contribution is -0.0278. The van der Waals surface area contributed by atoms with Gasteiger partial charge in [-0.3, -0.25) is 4.90 Å². The van der Waals surface area contributed by atoms with Crippen molar-refractivity contribution in [3.05, 3.63) is 29.8 Å². The van der Waals surface area contributed by atoms with Gasteiger partial charge in [0.25, 0.3) is 0 Å². The molecule has 8 nitrogen and oxygen atoms in total. The number of hydrogen-bond donors (Lipinski definition) is 3. The molecule has 1 amide bonds. The van der Waals surface area contributed by atoms with Crippen LogP contribution in [-0.2, 0) is 16.1 Å². The van der Waals surface area contributed by atoms with Crippen LogP contribution in [0.4, 0.5) is 4.79 Å². The first-order valence-electron chi connectivity index (χ1n) is 9.87. The first-order chi connectivity index (χ1) is 13.6. The third kappa shape index (κ3) is 6.85. The van der Waals surface area contributed by atoms with E-state index in [1.54, 1.807) is 27.9 Å². The fraction of sp³-hybridized carbons (Fsp3) is 0.667. The summed E-state index contributed by atoms with van der Waals surface area (Å²) in [5.41, 5.74) is 0.303. The van der Waals surface area contributed by atoms with E-state index in [-0.39, 0.29) is 6.54 Å². The first kappa shape index (κ1) is 23.4. The topological polar surface area (TPSA) is 109 Å². The predicted octanol–water partition coefficient (Wildman–Crippen LogP) is 1.69. The van der Waals surface area contributed by atoms with Gasteiger partial charge >= 0.3 is 6.09 Å². The summed E-state index contributed by atoms with van der Waals surface area (Å²) in [5.74, 6) is 0.781. The molecule has 2 rings (SSSR count). The lowest BCUT2D eigenvalue weighted by atomic mass is 10.0. The molecule has 1 fully saturated rings. The molecule has 0 aromatic heterocycles. The van der Waals surface area contributed by atoms with Crippen LogP contribution in [-0.4, -0.2) is 76.5 Å². The smallest absolute Gasteiger partial charge is 0.410 e. The molecule has 1 saturated heterocycles. The second kappa shape index (κ2) is 10.2. The van der Waals surface area contributed by atoms with Gasteiger partial charge in [0.2, 0.25) is 0 Å². The van der Waals surface area contributed by atoms with Crippen molar-refractivity contribution in [1.82, 2.24) is 4.90 Å². The van der Waals surface area contributed by atoms with E-state index in [2.05, 4.69) is 0 Å². The van der Waals surface area contributed by atoms with Crippen molar-refractivity contribution in [2.75, 3.05) is 20.3 Å². The number of aliphatic hydroxyl groups is 3. The second-order valence-corrected chi connectivity index (χ2v) is 8.29. The van der Waals surface area contributed by atoms with E-state index in [9.17, 15) is 20.1 Å². The van der Waals surface area contributed by atoms with E-state index in [0.29, 0.717) is 26.1 Å². The summed E-state index contributed by atoms with van der Waals surface area (Å²) in [7, 11) is 1.61. The average Bonchev–Trinajstić information content (AvgIpc) is 2.95. The number of hydrogen-bond acceptors (Lipinski definition) is 7. The van der Waals surface area contributed by atoms with Crippen LogP contribution in [0.25, 0.3) is 0 Å². The molecule has 0 bridgehead atoms. The largest absolute Gasteiger partial charge is 0.497 e. The maximum atomic E-state index is 12.4. The molecule has 0 radical (unpaired) electrons. The molecule has 0 spiro atoms. The highest BCUT2D eigenvalue weighted by Crippen LogP contribution is 2.26. The predicted molar refractivity (Wildman–Crippen MR) is 107 cm³/mol. The van der Waals surface area contributed by atoms with E-state index < -0.39 is 36.0 Å². The van der Waals surface area contributed by atoms with E-state index in [0.717, 1.165) is 11.3 Å². The number of methoxy groups -OCH3 is 1. The quantitative estimate of drug-likeness (QED) is 0.559. The molecule has 1 heterocycles. The van der Waals surface area contributed by atoms with Gasteiger partial charge in [0, 0.05) is 6.61 Å². The Bertz CT molecular complexity index is 643. The Kier molecular flexibility index (Phi) is 8.27. The van der Waals surface area contributed by atoms with Crippen molar-refractivity contribution >= 4 is 6.09 Å². The molecule has 4 atom stereocenters. The number of carbonyl (C=O) groups is 1. The van der Waals surface area contributed by atoms with Gasteiger partial charge in [0.05, 0.1) is 38.5 Å². The molecule has 0 unspecified atom stereocenters. The molecule has 0 saturated carbocycles. The van der Waals surface area contributed by atoms with Gasteiger partial charge in [-0.2, -0.15) is 0 Å². The monoisotopic (exact) mass is 411 g/mol. The highest BCUT2D eigenvalue weighted by Gasteiger charge is 2.47. The summed E-state index contributed by atoms with van der Waals surface area (Å²) in [4.78, 5) is 13.6. The van der Waals surface area contributed by atoms with Crippen LogP contribution in [0.5, 0.6) is 5.75 Å². The number of β-amino-alcohol motifs (C(OH)–C–C–N with tert-alkyl or cyclic N) is 1. The zero-order valence-corrected chi connectivity index (χ0v) is 17.6. The number of ether oxygens (including phenoxy) is 3. The maximum Gasteiger partial charge on any atom is 0.410 e. The van der Waals surface area contributed by atoms with E-state index in [1.807, 2.05) is 24.3 Å². The summed E-state index contributed by atoms with van der Waals surface area (Å²) >= 11 is 0. The fourth-order valence-corrected chi connectivity index (χ4v) is 3.27. The number of aliphatic hydroxyl groups excluding tert-OH is 3. The van der Waals surface area contributed by atoms with E-state index >= 15 is 0 Å². The molecule has 3 N–H and O–H groups in total. The number of rotatable bonds is 8. The summed E-state index contributed by atoms with van der Waals surface area (Å²) in [5, 5.41) is 30.7. The van der Waals surface area contributed by atoms with Crippen LogP contribution in [0.3, 0.4) is 0 Å². The van der Waals surface area contributed by atoms with Gasteiger partial charge in [0.1, 0.15) is 17.5 Å². The molecule has 1 aromatic rings. The normalized spacial score (nSPS) is 23.1. The molecule has 1 aliphatic heterocycles. The van der Waals surface area contributed by atoms with Gasteiger partial charge in [-0.05, 0) is 51.3 Å². The fourth-order valence-electron chi connectivity index (χ4n) is 3.27. The van der Waals surface area contributed by atoms with Crippen LogP contribution in [0.15, 0.2) is 24.3 Å². The third-order valence-corrected chi connectivity index (χ3v) is 4.73. The lowest BCUT2D eigenvalue weighted by Crippen LogP contribution is -2.49. The Balaban J connectivity index is 1.80. The number of nitrogens with zero attached hydrogens (tertiary/aromatic N) is 1. The van der Waals surface area contributed by atoms with Crippen molar-refractivity contribution in [2.24, 2.45) is 0 Å². The number of carbonyl (C=O) groups excluding carboxylic acids is 1. The Morgan fingerprint density at radius 3 is 2.48 bits per heavy atom. The minimum atomic E-state index is -1.22. The van der Waals surface area contributed by atoms with Gasteiger partial charge in [-0.1, -0.05) is 12.1 Å². The van der Waals surface area contributed by atoms with Crippen molar-refractivity contribution < 1.29 is 34.3 Å². The second-order valence-electron chi connectivity index (χ2n) is 8.29. The molecule has 1 aliphatic rings. The van der Waals surface area contributed by atoms with E-state index in [4.69, 9.17) is 14.2 Å². The number of likely N-dealkylation sites (tertiary alicyclic amines) is 1. The molecule has 0 aliphatic carbocycles. The minimum Gasteiger partial charge on any atom is -0.497 e. The van der Waals surface area contributed by atoms with Crippen LogP contribution < -0.4 is 4.74 Å². The SMILES string of the molecule is COc1ccc(COCCC[C@@H](O)[C@@H]2[C@@H](O)[C@@H](O)CN2C(=O)OC(C)(C)C)cc1. The van der Waals surface area contributed by atoms with Crippen molar-refractivity contribution in [3.8, 4) is 5.75 Å². The molecule has 29 heavy (non-hydrogen) atoms. The van der Waals surface area contributed by atoms with Gasteiger partial charge in [-0.25, -0.2) is 4.79 Å². The van der Waals surface area contributed by atoms with Gasteiger partial charge < -0.3 is 29.5 Å². The summed E-state index contributed by atoms with van der Waals surface area (Å²) in [6, 6.07) is 6.65. The molecule has 8 heteroatoms. The van der Waals surface area contributed by atoms with Gasteiger partial charge in [-0.15, -0.1) is 0 Å². The molecule has 1 aromatic carbocycles. The molecular weight excluding hydrogens is 378 g/mol.